The molecule has 52 heavy (non-hydrogen) atoms. The number of nitrogens with two attached hydrogens (primary N) is 1. The number of hydrogen-bond donors (Lipinski definition) is 4. The number of nitrogens with zero attached hydrogens (tertiary/aromatic N) is 1. The Bertz CT molecular complexity index is 1200. The van der Waals surface area contributed by atoms with Crippen LogP contribution in [0, 0.1) is 5.92 Å². The minimum atomic E-state index is -1.33. The van der Waals surface area contributed by atoms with Gasteiger partial charge in [0.1, 0.15) is 29.3 Å². The van der Waals surface area contributed by atoms with E-state index in [4.69, 9.17) is 34.2 Å². The molecule has 1 aliphatic heterocycles. The minimum absolute atomic E-state index is 0.00651. The maximum Gasteiger partial charge on any atom is 0.407 e. The van der Waals surface area contributed by atoms with Gasteiger partial charge >= 0.3 is 18.0 Å². The lowest BCUT2D eigenvalue weighted by atomic mass is 10.0. The minimum Gasteiger partial charge on any atom is -0.460 e. The van der Waals surface area contributed by atoms with Crippen molar-refractivity contribution in [3.05, 3.63) is 0 Å². The number of amides is 5. The number of likely N-dealkylation sites (tertiary alicyclic amines) is 1. The van der Waals surface area contributed by atoms with Gasteiger partial charge in [-0.15, -0.1) is 0 Å². The van der Waals surface area contributed by atoms with E-state index in [1.54, 1.807) is 55.4 Å². The predicted octanol–water partition coefficient (Wildman–Crippen LogP) is 0.328. The third kappa shape index (κ3) is 20.1. The summed E-state index contributed by atoms with van der Waals surface area (Å²) in [5.74, 6) is -4.68. The van der Waals surface area contributed by atoms with Crippen LogP contribution in [0.15, 0.2) is 0 Å². The smallest absolute Gasteiger partial charge is 0.407 e. The van der Waals surface area contributed by atoms with Crippen molar-refractivity contribution in [2.24, 2.45) is 11.7 Å². The summed E-state index contributed by atoms with van der Waals surface area (Å²) >= 11 is 0. The molecule has 0 spiro atoms. The molecule has 0 bridgehead atoms. The normalized spacial score (nSPS) is 15.7. The molecule has 3 atom stereocenters. The molecule has 0 aliphatic carbocycles. The first-order chi connectivity index (χ1) is 24.2. The Kier molecular flexibility index (Phi) is 20.2. The lowest BCUT2D eigenvalue weighted by Gasteiger charge is -2.30. The summed E-state index contributed by atoms with van der Waals surface area (Å²) in [6, 6.07) is -3.43. The molecule has 18 heteroatoms. The molecule has 1 aliphatic rings. The highest BCUT2D eigenvalue weighted by molar-refractivity contribution is 5.95. The number of rotatable bonds is 22. The fraction of sp³-hybridized carbons (Fsp3) is 0.794. The van der Waals surface area contributed by atoms with Crippen molar-refractivity contribution in [1.29, 1.82) is 0 Å². The maximum atomic E-state index is 13.8. The lowest BCUT2D eigenvalue weighted by molar-refractivity contribution is -0.158. The molecule has 1 heterocycles. The molecule has 1 saturated heterocycles. The van der Waals surface area contributed by atoms with Crippen molar-refractivity contribution < 1.29 is 62.0 Å². The van der Waals surface area contributed by atoms with E-state index in [1.165, 1.54) is 4.90 Å². The molecule has 1 fully saturated rings. The number of alkyl carbamates (subject to hydrolysis) is 1. The first-order valence-electron chi connectivity index (χ1n) is 17.5. The van der Waals surface area contributed by atoms with Crippen LogP contribution in [-0.4, -0.2) is 135 Å². The van der Waals surface area contributed by atoms with E-state index in [1.807, 2.05) is 0 Å². The number of nitrogens with one attached hydrogen (secondary N) is 3. The summed E-state index contributed by atoms with van der Waals surface area (Å²) in [5, 5.41) is 7.77. The van der Waals surface area contributed by atoms with E-state index in [9.17, 15) is 33.6 Å². The molecular formula is C34H59N5O13. The van der Waals surface area contributed by atoms with Crippen LogP contribution in [-0.2, 0) is 57.2 Å². The van der Waals surface area contributed by atoms with Crippen LogP contribution in [0.4, 0.5) is 4.79 Å². The van der Waals surface area contributed by atoms with Crippen LogP contribution >= 0.6 is 0 Å². The highest BCUT2D eigenvalue weighted by Crippen LogP contribution is 2.21. The standard InChI is InChI=1S/C34H59N5O13/c1-22(2)28(31(45)50-21-25(35)40)38-29(43)24-10-9-13-39(24)30(44)23(20-27(42)51-33(3,4)5)37-26(41)11-14-47-16-18-49-19-17-48-15-12-36-32(46)52-34(6,7)8/h22-24,28H,9-21H2,1-8H3,(H2,35,40)(H,36,46)(H,37,41)(H,38,43). The Morgan fingerprint density at radius 2 is 1.38 bits per heavy atom. The molecule has 298 valence electrons. The summed E-state index contributed by atoms with van der Waals surface area (Å²) in [6.45, 7) is 14.8. The highest BCUT2D eigenvalue weighted by Gasteiger charge is 2.40. The van der Waals surface area contributed by atoms with Gasteiger partial charge in [0.25, 0.3) is 5.91 Å². The second-order valence-corrected chi connectivity index (χ2v) is 14.4. The molecule has 18 nitrogen and oxygen atoms in total. The van der Waals surface area contributed by atoms with Crippen LogP contribution in [0.5, 0.6) is 0 Å². The molecular weight excluding hydrogens is 686 g/mol. The summed E-state index contributed by atoms with van der Waals surface area (Å²) in [5.41, 5.74) is 3.62. The topological polar surface area (TPSA) is 240 Å². The Labute approximate surface area is 305 Å². The summed E-state index contributed by atoms with van der Waals surface area (Å²) in [7, 11) is 0. The van der Waals surface area contributed by atoms with Crippen molar-refractivity contribution in [2.75, 3.05) is 59.3 Å². The van der Waals surface area contributed by atoms with E-state index in [2.05, 4.69) is 16.0 Å². The second-order valence-electron chi connectivity index (χ2n) is 14.4. The number of hydrogen-bond acceptors (Lipinski definition) is 13. The third-order valence-corrected chi connectivity index (χ3v) is 6.97. The van der Waals surface area contributed by atoms with Crippen molar-refractivity contribution in [2.45, 2.75) is 110 Å². The summed E-state index contributed by atoms with van der Waals surface area (Å²) in [6.07, 6.45) is -0.388. The van der Waals surface area contributed by atoms with Gasteiger partial charge < -0.3 is 55.0 Å². The molecule has 0 radical (unpaired) electrons. The van der Waals surface area contributed by atoms with Crippen LogP contribution in [0.1, 0.15) is 81.1 Å². The van der Waals surface area contributed by atoms with Crippen LogP contribution in [0.3, 0.4) is 0 Å². The quantitative estimate of drug-likeness (QED) is 0.0665. The average Bonchev–Trinajstić information content (AvgIpc) is 3.50. The van der Waals surface area contributed by atoms with Crippen molar-refractivity contribution in [1.82, 2.24) is 20.9 Å². The van der Waals surface area contributed by atoms with Crippen molar-refractivity contribution in [3.63, 3.8) is 0 Å². The Balaban J connectivity index is 2.64. The largest absolute Gasteiger partial charge is 0.460 e. The van der Waals surface area contributed by atoms with E-state index in [-0.39, 0.29) is 59.0 Å². The lowest BCUT2D eigenvalue weighted by Crippen LogP contribution is -2.56. The van der Waals surface area contributed by atoms with Gasteiger partial charge in [0.2, 0.25) is 17.7 Å². The number of ether oxygens (including phenoxy) is 6. The molecule has 0 aromatic carbocycles. The van der Waals surface area contributed by atoms with Crippen molar-refractivity contribution in [3.8, 4) is 0 Å². The summed E-state index contributed by atoms with van der Waals surface area (Å²) < 4.78 is 31.7. The molecule has 5 amide bonds. The first kappa shape index (κ1) is 46.0. The van der Waals surface area contributed by atoms with Gasteiger partial charge in [0, 0.05) is 19.5 Å². The van der Waals surface area contributed by atoms with Gasteiger partial charge in [0.05, 0.1) is 46.1 Å². The van der Waals surface area contributed by atoms with Gasteiger partial charge in [-0.05, 0) is 60.3 Å². The van der Waals surface area contributed by atoms with E-state index in [0.717, 1.165) is 0 Å². The Morgan fingerprint density at radius 1 is 0.808 bits per heavy atom. The fourth-order valence-electron chi connectivity index (χ4n) is 4.75. The fourth-order valence-corrected chi connectivity index (χ4v) is 4.75. The maximum absolute atomic E-state index is 13.8. The van der Waals surface area contributed by atoms with Gasteiger partial charge in [-0.25, -0.2) is 9.59 Å². The number of primary amides is 1. The Morgan fingerprint density at radius 3 is 1.94 bits per heavy atom. The monoisotopic (exact) mass is 745 g/mol. The van der Waals surface area contributed by atoms with Crippen LogP contribution in [0.2, 0.25) is 0 Å². The number of carbonyl (C=O) groups excluding carboxylic acids is 7. The number of esters is 2. The molecule has 0 saturated carbocycles. The molecule has 3 unspecified atom stereocenters. The van der Waals surface area contributed by atoms with Gasteiger partial charge in [-0.2, -0.15) is 0 Å². The van der Waals surface area contributed by atoms with E-state index in [0.29, 0.717) is 13.0 Å². The predicted molar refractivity (Wildman–Crippen MR) is 185 cm³/mol. The van der Waals surface area contributed by atoms with E-state index < -0.39 is 89.9 Å². The average molecular weight is 746 g/mol. The molecule has 0 aromatic rings. The number of carbonyl (C=O) groups is 7. The molecule has 1 rings (SSSR count). The second kappa shape index (κ2) is 22.8. The van der Waals surface area contributed by atoms with Gasteiger partial charge in [0.15, 0.2) is 6.61 Å². The third-order valence-electron chi connectivity index (χ3n) is 6.97. The zero-order valence-electron chi connectivity index (χ0n) is 31.8. The SMILES string of the molecule is CC(C)C(NC(=O)C1CCCN1C(=O)C(CC(=O)OC(C)(C)C)NC(=O)CCOCCOCCOCCNC(=O)OC(C)(C)C)C(=O)OCC(N)=O. The zero-order valence-corrected chi connectivity index (χ0v) is 31.8. The van der Waals surface area contributed by atoms with Crippen molar-refractivity contribution >= 4 is 41.7 Å². The van der Waals surface area contributed by atoms with Gasteiger partial charge in [-0.3, -0.25) is 24.0 Å². The van der Waals surface area contributed by atoms with Crippen LogP contribution in [0.25, 0.3) is 0 Å². The van der Waals surface area contributed by atoms with Crippen LogP contribution < -0.4 is 21.7 Å². The summed E-state index contributed by atoms with van der Waals surface area (Å²) in [4.78, 5) is 89.1. The molecule has 5 N–H and O–H groups in total. The zero-order chi connectivity index (χ0) is 39.5. The van der Waals surface area contributed by atoms with Gasteiger partial charge in [-0.1, -0.05) is 13.8 Å². The Hall–Kier alpha value is -4.03. The van der Waals surface area contributed by atoms with E-state index >= 15 is 0 Å². The first-order valence-corrected chi connectivity index (χ1v) is 17.5. The highest BCUT2D eigenvalue weighted by atomic mass is 16.6. The molecule has 0 aromatic heterocycles.